The van der Waals surface area contributed by atoms with E-state index >= 15 is 0 Å². The van der Waals surface area contributed by atoms with Gasteiger partial charge in [0.05, 0.1) is 24.9 Å². The van der Waals surface area contributed by atoms with Crippen LogP contribution in [0.4, 0.5) is 23.2 Å². The summed E-state index contributed by atoms with van der Waals surface area (Å²) in [6.07, 6.45) is -4.36. The summed E-state index contributed by atoms with van der Waals surface area (Å²) in [6.45, 7) is 3.74. The van der Waals surface area contributed by atoms with Gasteiger partial charge in [-0.2, -0.15) is 13.2 Å². The molecule has 10 nitrogen and oxygen atoms in total. The average Bonchev–Trinajstić information content (AvgIpc) is 3.19. The van der Waals surface area contributed by atoms with Crippen LogP contribution in [0.3, 0.4) is 0 Å². The fraction of sp³-hybridized carbons (Fsp3) is 0.448. The van der Waals surface area contributed by atoms with E-state index in [4.69, 9.17) is 4.74 Å². The molecular formula is C29H32F4N4O6. The molecule has 1 spiro atoms. The van der Waals surface area contributed by atoms with Gasteiger partial charge in [-0.15, -0.1) is 0 Å². The molecule has 2 N–H and O–H groups in total. The minimum Gasteiger partial charge on any atom is -0.496 e. The van der Waals surface area contributed by atoms with E-state index in [1.807, 2.05) is 4.90 Å². The Labute approximate surface area is 245 Å². The lowest BCUT2D eigenvalue weighted by molar-refractivity contribution is -0.139. The van der Waals surface area contributed by atoms with Gasteiger partial charge in [0.2, 0.25) is 11.8 Å². The lowest BCUT2D eigenvalue weighted by atomic mass is 9.85. The maximum Gasteiger partial charge on any atom is 0.416 e. The van der Waals surface area contributed by atoms with Crippen LogP contribution in [0.25, 0.3) is 0 Å². The van der Waals surface area contributed by atoms with Crippen LogP contribution in [0.1, 0.15) is 53.0 Å². The SMILES string of the molecule is COc1cc(N2CN(C)C(=O)C23CCN(C(=O)C(NC(=O)c2cc(C(F)(F)F)ccc2F)C(C)C)CC3)ccc1C(=O)O. The smallest absolute Gasteiger partial charge is 0.416 e. The first-order valence-electron chi connectivity index (χ1n) is 13.5. The number of amides is 3. The summed E-state index contributed by atoms with van der Waals surface area (Å²) in [5, 5.41) is 11.8. The number of anilines is 1. The number of methoxy groups -OCH3 is 1. The zero-order chi connectivity index (χ0) is 31.9. The number of aromatic carboxylic acids is 1. The number of nitrogens with zero attached hydrogens (tertiary/aromatic N) is 3. The fourth-order valence-corrected chi connectivity index (χ4v) is 5.62. The highest BCUT2D eigenvalue weighted by molar-refractivity contribution is 5.98. The van der Waals surface area contributed by atoms with Crippen molar-refractivity contribution in [1.82, 2.24) is 15.1 Å². The van der Waals surface area contributed by atoms with E-state index in [1.54, 1.807) is 33.0 Å². The first kappa shape index (κ1) is 31.6. The highest BCUT2D eigenvalue weighted by Gasteiger charge is 2.53. The quantitative estimate of drug-likeness (QED) is 0.461. The Hall–Kier alpha value is -4.36. The number of nitrogens with one attached hydrogen (secondary N) is 1. The van der Waals surface area contributed by atoms with Crippen molar-refractivity contribution in [3.63, 3.8) is 0 Å². The topological polar surface area (TPSA) is 119 Å². The van der Waals surface area contributed by atoms with Crippen molar-refractivity contribution in [3.8, 4) is 5.75 Å². The highest BCUT2D eigenvalue weighted by Crippen LogP contribution is 2.41. The number of rotatable bonds is 7. The molecule has 14 heteroatoms. The standard InChI is InChI=1S/C29H32F4N4O6/c1-16(2)23(34-24(38)20-13-17(29(31,32)33)5-8-21(20)30)25(39)36-11-9-28(10-12-36)27(42)35(3)15-37(28)18-6-7-19(26(40)41)22(14-18)43-4/h5-8,13-14,16,23H,9-12,15H2,1-4H3,(H,34,38)(H,40,41). The van der Waals surface area contributed by atoms with Crippen molar-refractivity contribution >= 4 is 29.4 Å². The largest absolute Gasteiger partial charge is 0.496 e. The zero-order valence-corrected chi connectivity index (χ0v) is 24.0. The normalized spacial score (nSPS) is 17.4. The molecule has 3 amide bonds. The molecule has 4 rings (SSSR count). The predicted octanol–water partition coefficient (Wildman–Crippen LogP) is 3.60. The Morgan fingerprint density at radius 3 is 2.26 bits per heavy atom. The fourth-order valence-electron chi connectivity index (χ4n) is 5.62. The van der Waals surface area contributed by atoms with E-state index in [-0.39, 0.29) is 49.8 Å². The van der Waals surface area contributed by atoms with Gasteiger partial charge < -0.3 is 29.9 Å². The van der Waals surface area contributed by atoms with Crippen molar-refractivity contribution in [1.29, 1.82) is 0 Å². The van der Waals surface area contributed by atoms with E-state index in [9.17, 15) is 41.8 Å². The minimum absolute atomic E-state index is 0.0358. The first-order valence-corrected chi connectivity index (χ1v) is 13.5. The number of ether oxygens (including phenoxy) is 1. The third kappa shape index (κ3) is 5.95. The minimum atomic E-state index is -4.79. The second-order valence-corrected chi connectivity index (χ2v) is 11.0. The van der Waals surface area contributed by atoms with Gasteiger partial charge in [-0.05, 0) is 49.1 Å². The van der Waals surface area contributed by atoms with Crippen LogP contribution < -0.4 is 15.0 Å². The molecule has 2 aliphatic rings. The predicted molar refractivity (Wildman–Crippen MR) is 146 cm³/mol. The Morgan fingerprint density at radius 2 is 1.70 bits per heavy atom. The maximum absolute atomic E-state index is 14.3. The molecule has 0 radical (unpaired) electrons. The molecule has 2 saturated heterocycles. The van der Waals surface area contributed by atoms with Crippen LogP contribution >= 0.6 is 0 Å². The highest BCUT2D eigenvalue weighted by atomic mass is 19.4. The molecule has 2 heterocycles. The molecule has 1 unspecified atom stereocenters. The van der Waals surface area contributed by atoms with Crippen LogP contribution in [-0.2, 0) is 15.8 Å². The number of carboxylic acids is 1. The van der Waals surface area contributed by atoms with E-state index in [2.05, 4.69) is 5.32 Å². The third-order valence-electron chi connectivity index (χ3n) is 8.00. The monoisotopic (exact) mass is 608 g/mol. The lowest BCUT2D eigenvalue weighted by Crippen LogP contribution is -2.60. The second kappa shape index (κ2) is 11.7. The van der Waals surface area contributed by atoms with Gasteiger partial charge in [0.15, 0.2) is 0 Å². The lowest BCUT2D eigenvalue weighted by Gasteiger charge is -2.44. The first-order chi connectivity index (χ1) is 20.1. The molecule has 43 heavy (non-hydrogen) atoms. The number of alkyl halides is 3. The van der Waals surface area contributed by atoms with Crippen molar-refractivity contribution in [2.75, 3.05) is 38.8 Å². The van der Waals surface area contributed by atoms with Crippen molar-refractivity contribution in [2.45, 2.75) is 44.4 Å². The van der Waals surface area contributed by atoms with Gasteiger partial charge in [0, 0.05) is 31.9 Å². The molecule has 0 bridgehead atoms. The number of carboxylic acid groups (broad SMARTS) is 1. The Bertz CT molecular complexity index is 1440. The van der Waals surface area contributed by atoms with Crippen molar-refractivity contribution in [2.24, 2.45) is 5.92 Å². The summed E-state index contributed by atoms with van der Waals surface area (Å²) >= 11 is 0. The van der Waals surface area contributed by atoms with Crippen LogP contribution in [0.15, 0.2) is 36.4 Å². The summed E-state index contributed by atoms with van der Waals surface area (Å²) in [5.41, 5.74) is -2.52. The van der Waals surface area contributed by atoms with E-state index in [1.165, 1.54) is 23.0 Å². The van der Waals surface area contributed by atoms with E-state index in [0.717, 1.165) is 0 Å². The third-order valence-corrected chi connectivity index (χ3v) is 8.00. The number of likely N-dealkylation sites (tertiary alicyclic amines) is 1. The number of hydrogen-bond acceptors (Lipinski definition) is 6. The average molecular weight is 609 g/mol. The maximum atomic E-state index is 14.3. The van der Waals surface area contributed by atoms with Gasteiger partial charge in [-0.25, -0.2) is 9.18 Å². The van der Waals surface area contributed by atoms with Gasteiger partial charge in [-0.1, -0.05) is 13.8 Å². The Morgan fingerprint density at radius 1 is 1.05 bits per heavy atom. The number of benzene rings is 2. The van der Waals surface area contributed by atoms with Crippen LogP contribution in [0, 0.1) is 11.7 Å². The molecule has 0 aliphatic carbocycles. The summed E-state index contributed by atoms with van der Waals surface area (Å²) < 4.78 is 59.0. The summed E-state index contributed by atoms with van der Waals surface area (Å²) in [5.74, 6) is -4.51. The van der Waals surface area contributed by atoms with Crippen LogP contribution in [-0.4, -0.2) is 84.1 Å². The van der Waals surface area contributed by atoms with Gasteiger partial charge in [-0.3, -0.25) is 14.4 Å². The van der Waals surface area contributed by atoms with Crippen molar-refractivity contribution in [3.05, 3.63) is 58.9 Å². The van der Waals surface area contributed by atoms with Crippen LogP contribution in [0.5, 0.6) is 5.75 Å². The molecule has 2 aromatic rings. The number of likely N-dealkylation sites (N-methyl/N-ethyl adjacent to an activating group) is 1. The number of halogens is 4. The Balaban J connectivity index is 1.53. The molecule has 0 aromatic heterocycles. The number of carbonyl (C=O) groups excluding carboxylic acids is 3. The molecule has 2 aliphatic heterocycles. The molecule has 232 valence electrons. The summed E-state index contributed by atoms with van der Waals surface area (Å²) in [4.78, 5) is 56.3. The number of carbonyl (C=O) groups is 4. The number of piperidine rings is 1. The molecule has 0 saturated carbocycles. The van der Waals surface area contributed by atoms with Gasteiger partial charge in [0.25, 0.3) is 5.91 Å². The van der Waals surface area contributed by atoms with Gasteiger partial charge in [0.1, 0.15) is 28.7 Å². The Kier molecular flexibility index (Phi) is 8.61. The van der Waals surface area contributed by atoms with Crippen LogP contribution in [0.2, 0.25) is 0 Å². The van der Waals surface area contributed by atoms with E-state index in [0.29, 0.717) is 23.9 Å². The molecule has 1 atom stereocenters. The molecule has 2 fully saturated rings. The molecular weight excluding hydrogens is 576 g/mol. The van der Waals surface area contributed by atoms with E-state index < -0.39 is 58.4 Å². The van der Waals surface area contributed by atoms with Crippen molar-refractivity contribution < 1.29 is 46.6 Å². The van der Waals surface area contributed by atoms with Gasteiger partial charge >= 0.3 is 12.1 Å². The zero-order valence-electron chi connectivity index (χ0n) is 24.0. The summed E-state index contributed by atoms with van der Waals surface area (Å²) in [7, 11) is 2.99. The number of hydrogen-bond donors (Lipinski definition) is 2. The molecule has 2 aromatic carbocycles. The summed E-state index contributed by atoms with van der Waals surface area (Å²) in [6, 6.07) is 4.87. The second-order valence-electron chi connectivity index (χ2n) is 11.0.